The molecule has 2 atom stereocenters. The van der Waals surface area contributed by atoms with E-state index in [4.69, 9.17) is 0 Å². The van der Waals surface area contributed by atoms with Gasteiger partial charge in [-0.05, 0) is 37.6 Å². The Labute approximate surface area is 170 Å². The van der Waals surface area contributed by atoms with Crippen molar-refractivity contribution >= 4 is 29.4 Å². The number of carbonyl (C=O) groups is 1. The molecule has 5 rings (SSSR count). The number of carbonyl (C=O) groups excluding carboxylic acids is 1. The smallest absolute Gasteiger partial charge is 0.313 e. The molecule has 1 saturated heterocycles. The molecule has 1 aromatic carbocycles. The fourth-order valence-corrected chi connectivity index (χ4v) is 5.59. The van der Waals surface area contributed by atoms with Crippen molar-refractivity contribution in [2.75, 3.05) is 21.9 Å². The third-order valence-electron chi connectivity index (χ3n) is 5.87. The van der Waals surface area contributed by atoms with Crippen molar-refractivity contribution in [1.29, 1.82) is 0 Å². The summed E-state index contributed by atoms with van der Waals surface area (Å²) in [5.74, 6) is -3.15. The number of anilines is 2. The van der Waals surface area contributed by atoms with Crippen molar-refractivity contribution in [3.8, 4) is 0 Å². The number of nitrogens with one attached hydrogen (secondary N) is 1. The van der Waals surface area contributed by atoms with Gasteiger partial charge in [0.25, 0.3) is 0 Å². The zero-order chi connectivity index (χ0) is 20.1. The van der Waals surface area contributed by atoms with E-state index in [1.165, 1.54) is 0 Å². The number of aromatic nitrogens is 2. The van der Waals surface area contributed by atoms with Gasteiger partial charge in [-0.25, -0.2) is 18.0 Å². The van der Waals surface area contributed by atoms with E-state index in [2.05, 4.69) is 14.7 Å². The first-order valence-electron chi connectivity index (χ1n) is 9.72. The van der Waals surface area contributed by atoms with Crippen LogP contribution in [0.15, 0.2) is 18.3 Å². The maximum atomic E-state index is 13.5. The fourth-order valence-electron chi connectivity index (χ4n) is 4.56. The molecule has 1 saturated carbocycles. The summed E-state index contributed by atoms with van der Waals surface area (Å²) in [6.45, 7) is 1.31. The lowest BCUT2D eigenvalue weighted by Crippen LogP contribution is -2.49. The van der Waals surface area contributed by atoms with Crippen LogP contribution in [0.2, 0.25) is 0 Å². The highest BCUT2D eigenvalue weighted by atomic mass is 32.2. The molecular weight excluding hydrogens is 403 g/mol. The largest absolute Gasteiger partial charge is 0.322 e. The molecule has 2 amide bonds. The molecule has 0 unspecified atom stereocenters. The van der Waals surface area contributed by atoms with Crippen molar-refractivity contribution in [2.24, 2.45) is 0 Å². The molecule has 6 nitrogen and oxygen atoms in total. The van der Waals surface area contributed by atoms with E-state index in [1.807, 2.05) is 10.9 Å². The van der Waals surface area contributed by atoms with Gasteiger partial charge in [0.05, 0.1) is 36.2 Å². The van der Waals surface area contributed by atoms with Crippen LogP contribution in [0.1, 0.15) is 37.4 Å². The van der Waals surface area contributed by atoms with Gasteiger partial charge >= 0.3 is 6.03 Å². The zero-order valence-corrected chi connectivity index (χ0v) is 16.4. The number of amides is 2. The predicted octanol–water partition coefficient (Wildman–Crippen LogP) is 4.30. The predicted molar refractivity (Wildman–Crippen MR) is 104 cm³/mol. The third kappa shape index (κ3) is 3.13. The lowest BCUT2D eigenvalue weighted by atomic mass is 10.1. The first-order valence-corrected chi connectivity index (χ1v) is 10.7. The minimum atomic E-state index is -1.55. The van der Waals surface area contributed by atoms with Crippen LogP contribution in [0.4, 0.5) is 29.3 Å². The molecule has 154 valence electrons. The topological polar surface area (TPSA) is 53.4 Å². The first-order chi connectivity index (χ1) is 14.0. The van der Waals surface area contributed by atoms with Crippen LogP contribution in [0, 0.1) is 17.5 Å². The van der Waals surface area contributed by atoms with E-state index >= 15 is 0 Å². The van der Waals surface area contributed by atoms with Crippen LogP contribution in [0.3, 0.4) is 0 Å². The van der Waals surface area contributed by atoms with Crippen molar-refractivity contribution in [1.82, 2.24) is 14.7 Å². The maximum Gasteiger partial charge on any atom is 0.322 e. The molecule has 1 aliphatic carbocycles. The van der Waals surface area contributed by atoms with Crippen LogP contribution in [0.25, 0.3) is 0 Å². The average molecular weight is 423 g/mol. The van der Waals surface area contributed by atoms with Gasteiger partial charge in [0.2, 0.25) is 0 Å². The summed E-state index contributed by atoms with van der Waals surface area (Å²) in [5, 5.41) is 7.15. The van der Waals surface area contributed by atoms with Crippen molar-refractivity contribution in [3.05, 3.63) is 41.5 Å². The Kier molecular flexibility index (Phi) is 4.60. The van der Waals surface area contributed by atoms with Crippen molar-refractivity contribution in [3.63, 3.8) is 0 Å². The Morgan fingerprint density at radius 1 is 1.14 bits per heavy atom. The highest BCUT2D eigenvalue weighted by Crippen LogP contribution is 2.43. The van der Waals surface area contributed by atoms with Gasteiger partial charge in [-0.1, -0.05) is 0 Å². The van der Waals surface area contributed by atoms with E-state index in [9.17, 15) is 18.0 Å². The molecule has 1 aromatic heterocycles. The second-order valence-electron chi connectivity index (χ2n) is 7.59. The van der Waals surface area contributed by atoms with Gasteiger partial charge in [-0.2, -0.15) is 5.10 Å². The quantitative estimate of drug-likeness (QED) is 0.578. The molecule has 0 bridgehead atoms. The number of hydrogen-bond donors (Lipinski definition) is 1. The number of halogens is 3. The number of rotatable bonds is 2. The summed E-state index contributed by atoms with van der Waals surface area (Å²) in [7, 11) is 0. The number of fused-ring (bicyclic) bond motifs is 3. The monoisotopic (exact) mass is 423 g/mol. The Bertz CT molecular complexity index is 925. The summed E-state index contributed by atoms with van der Waals surface area (Å²) in [6.07, 6.45) is 5.72. The molecule has 29 heavy (non-hydrogen) atoms. The SMILES string of the molecule is O=C(Nc1cc(F)c(F)c(F)c1)N1Cc2c(N3CCCS3)cnn2[C@H]2CCC[C@H]21. The Morgan fingerprint density at radius 2 is 1.90 bits per heavy atom. The summed E-state index contributed by atoms with van der Waals surface area (Å²) in [5.41, 5.74) is 1.90. The van der Waals surface area contributed by atoms with Crippen LogP contribution in [0.5, 0.6) is 0 Å². The van der Waals surface area contributed by atoms with Crippen LogP contribution in [-0.2, 0) is 6.54 Å². The molecule has 3 aliphatic rings. The van der Waals surface area contributed by atoms with Crippen molar-refractivity contribution in [2.45, 2.75) is 44.3 Å². The molecule has 3 heterocycles. The Hall–Kier alpha value is -2.36. The molecule has 2 aromatic rings. The van der Waals surface area contributed by atoms with Crippen molar-refractivity contribution < 1.29 is 18.0 Å². The molecule has 10 heteroatoms. The van der Waals surface area contributed by atoms with Gasteiger partial charge < -0.3 is 14.5 Å². The molecule has 1 N–H and O–H groups in total. The number of hydrogen-bond acceptors (Lipinski definition) is 4. The first kappa shape index (κ1) is 18.7. The lowest BCUT2D eigenvalue weighted by Gasteiger charge is -2.39. The molecule has 0 radical (unpaired) electrons. The van der Waals surface area contributed by atoms with Crippen LogP contribution < -0.4 is 9.62 Å². The van der Waals surface area contributed by atoms with Gasteiger partial charge in [0.15, 0.2) is 17.5 Å². The molecule has 0 spiro atoms. The Morgan fingerprint density at radius 3 is 2.62 bits per heavy atom. The summed E-state index contributed by atoms with van der Waals surface area (Å²) >= 11 is 1.76. The van der Waals surface area contributed by atoms with E-state index in [0.29, 0.717) is 6.54 Å². The highest BCUT2D eigenvalue weighted by molar-refractivity contribution is 8.00. The van der Waals surface area contributed by atoms with Gasteiger partial charge in [-0.15, -0.1) is 0 Å². The maximum absolute atomic E-state index is 13.5. The number of nitrogens with zero attached hydrogens (tertiary/aromatic N) is 4. The zero-order valence-electron chi connectivity index (χ0n) is 15.6. The van der Waals surface area contributed by atoms with E-state index in [1.54, 1.807) is 16.8 Å². The van der Waals surface area contributed by atoms with E-state index in [-0.39, 0.29) is 17.8 Å². The second kappa shape index (κ2) is 7.16. The number of urea groups is 1. The summed E-state index contributed by atoms with van der Waals surface area (Å²) in [4.78, 5) is 14.7. The lowest BCUT2D eigenvalue weighted by molar-refractivity contribution is 0.139. The standard InChI is InChI=1S/C19H20F3N5OS/c20-12-7-11(8-13(21)18(12)22)24-19(28)25-10-17-16(26-5-2-6-29-26)9-23-27(17)15-4-1-3-14(15)25/h7-9,14-15H,1-6,10H2,(H,24,28)/t14-,15+/m1/s1. The summed E-state index contributed by atoms with van der Waals surface area (Å²) in [6, 6.07) is 1.20. The van der Waals surface area contributed by atoms with Gasteiger partial charge in [-0.3, -0.25) is 4.68 Å². The normalized spacial score (nSPS) is 23.3. The molecule has 2 fully saturated rings. The van der Waals surface area contributed by atoms with Crippen LogP contribution >= 0.6 is 11.9 Å². The third-order valence-corrected chi connectivity index (χ3v) is 7.03. The van der Waals surface area contributed by atoms with Gasteiger partial charge in [0.1, 0.15) is 0 Å². The molecular formula is C19H20F3N5OS. The second-order valence-corrected chi connectivity index (χ2v) is 8.69. The highest BCUT2D eigenvalue weighted by Gasteiger charge is 2.42. The average Bonchev–Trinajstić information content (AvgIpc) is 3.43. The summed E-state index contributed by atoms with van der Waals surface area (Å²) < 4.78 is 44.5. The number of benzene rings is 1. The van der Waals surface area contributed by atoms with Crippen LogP contribution in [-0.4, -0.2) is 39.1 Å². The van der Waals surface area contributed by atoms with E-state index in [0.717, 1.165) is 61.5 Å². The minimum absolute atomic E-state index is 0.0309. The molecule has 2 aliphatic heterocycles. The fraction of sp³-hybridized carbons (Fsp3) is 0.474. The van der Waals surface area contributed by atoms with E-state index < -0.39 is 23.5 Å². The van der Waals surface area contributed by atoms with Gasteiger partial charge in [0, 0.05) is 30.1 Å². The Balaban J connectivity index is 1.43. The minimum Gasteiger partial charge on any atom is -0.313 e.